The maximum absolute atomic E-state index is 14.2. The summed E-state index contributed by atoms with van der Waals surface area (Å²) in [4.78, 5) is 30.8. The van der Waals surface area contributed by atoms with E-state index in [9.17, 15) is 9.59 Å². The van der Waals surface area contributed by atoms with Crippen molar-refractivity contribution in [3.05, 3.63) is 116 Å². The van der Waals surface area contributed by atoms with Gasteiger partial charge in [0, 0.05) is 47.8 Å². The van der Waals surface area contributed by atoms with E-state index in [-0.39, 0.29) is 22.4 Å². The van der Waals surface area contributed by atoms with Crippen LogP contribution in [0, 0.1) is 24.7 Å². The molecule has 0 saturated carbocycles. The first-order valence-corrected chi connectivity index (χ1v) is 16.5. The summed E-state index contributed by atoms with van der Waals surface area (Å²) in [5, 5.41) is 0.391. The Morgan fingerprint density at radius 2 is 1.35 bits per heavy atom. The Hall–Kier alpha value is -3.83. The molecule has 6 rings (SSSR count). The quantitative estimate of drug-likeness (QED) is 0.258. The number of halogens is 1. The number of carbonyl (C=O) groups excluding carboxylic acids is 2. The van der Waals surface area contributed by atoms with Crippen LogP contribution < -0.4 is 9.47 Å². The highest BCUT2D eigenvalue weighted by Gasteiger charge is 2.49. The number of rotatable bonds is 7. The van der Waals surface area contributed by atoms with Crippen molar-refractivity contribution in [1.29, 1.82) is 0 Å². The van der Waals surface area contributed by atoms with E-state index in [4.69, 9.17) is 21.1 Å². The molecule has 3 aromatic carbocycles. The SMILES string of the molecule is COc1cc(C2C3=C(CC(C)(C)CC3=O)N(Cc3ccccc3)C3=C2C(=O)CC(C)(C)C3)cc(Cl)c1OCc1cc(C)cc(C)c1. The molecule has 0 spiro atoms. The minimum Gasteiger partial charge on any atom is -0.493 e. The van der Waals surface area contributed by atoms with E-state index in [1.54, 1.807) is 7.11 Å². The molecule has 1 aliphatic heterocycles. The molecule has 1 heterocycles. The lowest BCUT2D eigenvalue weighted by Gasteiger charge is -2.49. The molecule has 0 radical (unpaired) electrons. The van der Waals surface area contributed by atoms with Gasteiger partial charge in [0.25, 0.3) is 0 Å². The van der Waals surface area contributed by atoms with E-state index in [1.165, 1.54) is 11.1 Å². The Kier molecular flexibility index (Phi) is 8.43. The maximum atomic E-state index is 14.2. The summed E-state index contributed by atoms with van der Waals surface area (Å²) in [6, 6.07) is 20.4. The van der Waals surface area contributed by atoms with Gasteiger partial charge in [0.05, 0.1) is 12.1 Å². The molecule has 0 fully saturated rings. The van der Waals surface area contributed by atoms with E-state index in [2.05, 4.69) is 76.8 Å². The Labute approximate surface area is 278 Å². The Morgan fingerprint density at radius 1 is 0.783 bits per heavy atom. The van der Waals surface area contributed by atoms with Crippen molar-refractivity contribution in [2.24, 2.45) is 10.8 Å². The molecule has 0 N–H and O–H groups in total. The molecular weight excluding hydrogens is 594 g/mol. The van der Waals surface area contributed by atoms with Gasteiger partial charge in [-0.15, -0.1) is 0 Å². The van der Waals surface area contributed by atoms with Gasteiger partial charge in [-0.25, -0.2) is 0 Å². The van der Waals surface area contributed by atoms with E-state index < -0.39 is 5.92 Å². The van der Waals surface area contributed by atoms with Crippen molar-refractivity contribution in [3.63, 3.8) is 0 Å². The first-order chi connectivity index (χ1) is 21.7. The van der Waals surface area contributed by atoms with Crippen molar-refractivity contribution in [2.75, 3.05) is 7.11 Å². The number of ketones is 2. The lowest BCUT2D eigenvalue weighted by molar-refractivity contribution is -0.119. The van der Waals surface area contributed by atoms with E-state index in [0.29, 0.717) is 53.7 Å². The van der Waals surface area contributed by atoms with Crippen LogP contribution in [-0.4, -0.2) is 23.6 Å². The molecule has 0 saturated heterocycles. The number of aryl methyl sites for hydroxylation is 2. The number of ether oxygens (including phenoxy) is 2. The molecule has 2 aliphatic carbocycles. The zero-order valence-corrected chi connectivity index (χ0v) is 28.8. The molecule has 0 unspecified atom stereocenters. The summed E-state index contributed by atoms with van der Waals surface area (Å²) in [5.41, 5.74) is 8.34. The van der Waals surface area contributed by atoms with E-state index >= 15 is 0 Å². The molecule has 0 amide bonds. The van der Waals surface area contributed by atoms with Gasteiger partial charge in [0.1, 0.15) is 6.61 Å². The molecule has 3 aromatic rings. The summed E-state index contributed by atoms with van der Waals surface area (Å²) in [5.74, 6) is 0.579. The van der Waals surface area contributed by atoms with Crippen LogP contribution in [0.15, 0.2) is 83.2 Å². The number of hydrogen-bond acceptors (Lipinski definition) is 5. The van der Waals surface area contributed by atoms with Crippen LogP contribution in [0.2, 0.25) is 5.02 Å². The summed E-state index contributed by atoms with van der Waals surface area (Å²) in [6.45, 7) is 13.7. The number of nitrogens with zero attached hydrogens (tertiary/aromatic N) is 1. The highest BCUT2D eigenvalue weighted by Crippen LogP contribution is 2.55. The second-order valence-corrected chi connectivity index (χ2v) is 15.3. The number of benzene rings is 3. The predicted molar refractivity (Wildman–Crippen MR) is 183 cm³/mol. The molecule has 0 aromatic heterocycles. The number of carbonyl (C=O) groups is 2. The number of allylic oxidation sites excluding steroid dienone is 4. The van der Waals surface area contributed by atoms with Crippen LogP contribution in [0.3, 0.4) is 0 Å². The lowest BCUT2D eigenvalue weighted by Crippen LogP contribution is -2.44. The van der Waals surface area contributed by atoms with Gasteiger partial charge in [-0.3, -0.25) is 9.59 Å². The summed E-state index contributed by atoms with van der Waals surface area (Å²) in [7, 11) is 1.60. The Balaban J connectivity index is 1.50. The molecule has 3 aliphatic rings. The zero-order chi connectivity index (χ0) is 33.0. The first-order valence-electron chi connectivity index (χ1n) is 16.2. The molecule has 46 heavy (non-hydrogen) atoms. The van der Waals surface area contributed by atoms with Crippen molar-refractivity contribution >= 4 is 23.2 Å². The van der Waals surface area contributed by atoms with Crippen LogP contribution in [0.5, 0.6) is 11.5 Å². The largest absolute Gasteiger partial charge is 0.493 e. The van der Waals surface area contributed by atoms with Crippen molar-refractivity contribution in [1.82, 2.24) is 4.90 Å². The number of Topliss-reactive ketones (excluding diaryl/α,β-unsaturated/α-hetero) is 2. The second-order valence-electron chi connectivity index (χ2n) is 14.9. The Bertz CT molecular complexity index is 1710. The maximum Gasteiger partial charge on any atom is 0.180 e. The number of hydrogen-bond donors (Lipinski definition) is 0. The third-order valence-corrected chi connectivity index (χ3v) is 9.74. The summed E-state index contributed by atoms with van der Waals surface area (Å²) < 4.78 is 12.1. The normalized spacial score (nSPS) is 19.3. The second kappa shape index (κ2) is 12.1. The molecular formula is C40H44ClNO4. The smallest absolute Gasteiger partial charge is 0.180 e. The monoisotopic (exact) mass is 637 g/mol. The van der Waals surface area contributed by atoms with Gasteiger partial charge in [0.15, 0.2) is 23.1 Å². The molecule has 6 heteroatoms. The van der Waals surface area contributed by atoms with Gasteiger partial charge in [-0.1, -0.05) is 99.0 Å². The third kappa shape index (κ3) is 6.27. The highest BCUT2D eigenvalue weighted by atomic mass is 35.5. The fraction of sp³-hybridized carbons (Fsp3) is 0.400. The molecule has 0 atom stereocenters. The minimum atomic E-state index is -0.524. The Morgan fingerprint density at radius 3 is 1.89 bits per heavy atom. The average Bonchev–Trinajstić information content (AvgIpc) is 2.95. The standard InChI is InChI=1S/C40H44ClNO4/c1-24-13-25(2)15-27(14-24)23-46-38-29(41)16-28(17-34(38)45-7)35-36-30(18-39(3,4)20-32(36)43)42(22-26-11-9-8-10-12-26)31-19-40(5,6)21-33(44)37(31)35/h8-17,35H,18-23H2,1-7H3. The van der Waals surface area contributed by atoms with E-state index in [1.807, 2.05) is 30.3 Å². The molecule has 240 valence electrons. The fourth-order valence-electron chi connectivity index (χ4n) is 7.69. The summed E-state index contributed by atoms with van der Waals surface area (Å²) >= 11 is 6.99. The van der Waals surface area contributed by atoms with E-state index in [0.717, 1.165) is 40.9 Å². The van der Waals surface area contributed by atoms with Crippen molar-refractivity contribution in [2.45, 2.75) is 86.3 Å². The minimum absolute atomic E-state index is 0.0868. The average molecular weight is 638 g/mol. The van der Waals surface area contributed by atoms with Gasteiger partial charge in [-0.05, 0) is 66.3 Å². The van der Waals surface area contributed by atoms with Gasteiger partial charge in [-0.2, -0.15) is 0 Å². The van der Waals surface area contributed by atoms with Crippen LogP contribution in [0.4, 0.5) is 0 Å². The fourth-order valence-corrected chi connectivity index (χ4v) is 7.97. The first kappa shape index (κ1) is 32.1. The van der Waals surface area contributed by atoms with Crippen LogP contribution >= 0.6 is 11.6 Å². The van der Waals surface area contributed by atoms with Gasteiger partial charge in [0.2, 0.25) is 0 Å². The number of methoxy groups -OCH3 is 1. The molecule has 0 bridgehead atoms. The summed E-state index contributed by atoms with van der Waals surface area (Å²) in [6.07, 6.45) is 2.33. The van der Waals surface area contributed by atoms with Crippen molar-refractivity contribution < 1.29 is 19.1 Å². The predicted octanol–water partition coefficient (Wildman–Crippen LogP) is 9.43. The van der Waals surface area contributed by atoms with Gasteiger partial charge >= 0.3 is 0 Å². The van der Waals surface area contributed by atoms with Crippen LogP contribution in [0.1, 0.15) is 87.1 Å². The van der Waals surface area contributed by atoms with Gasteiger partial charge < -0.3 is 14.4 Å². The molecule has 5 nitrogen and oxygen atoms in total. The topological polar surface area (TPSA) is 55.8 Å². The third-order valence-electron chi connectivity index (χ3n) is 9.46. The van der Waals surface area contributed by atoms with Crippen molar-refractivity contribution in [3.8, 4) is 11.5 Å². The van der Waals surface area contributed by atoms with Crippen LogP contribution in [0.25, 0.3) is 0 Å². The zero-order valence-electron chi connectivity index (χ0n) is 28.1. The lowest BCUT2D eigenvalue weighted by atomic mass is 9.63. The highest BCUT2D eigenvalue weighted by molar-refractivity contribution is 6.32. The van der Waals surface area contributed by atoms with Crippen LogP contribution in [-0.2, 0) is 22.7 Å².